The van der Waals surface area contributed by atoms with Crippen molar-refractivity contribution in [2.24, 2.45) is 5.92 Å². The molecule has 4 rings (SSSR count). The van der Waals surface area contributed by atoms with E-state index in [4.69, 9.17) is 4.74 Å². The highest BCUT2D eigenvalue weighted by Crippen LogP contribution is 2.40. The second kappa shape index (κ2) is 6.63. The summed E-state index contributed by atoms with van der Waals surface area (Å²) in [5.41, 5.74) is 2.77. The van der Waals surface area contributed by atoms with E-state index < -0.39 is 0 Å². The van der Waals surface area contributed by atoms with E-state index >= 15 is 0 Å². The molecule has 0 radical (unpaired) electrons. The number of nitrogens with zero attached hydrogens (tertiary/aromatic N) is 4. The summed E-state index contributed by atoms with van der Waals surface area (Å²) in [5, 5.41) is 6.91. The Bertz CT molecular complexity index is 639. The number of pyridine rings is 1. The highest BCUT2D eigenvalue weighted by atomic mass is 16.5. The SMILES string of the molecule is CN1CC(COCc2cccnc2)CC12CN(Cc1cn[nH]c1)C2. The molecule has 2 aliphatic heterocycles. The molecule has 1 spiro atoms. The van der Waals surface area contributed by atoms with Gasteiger partial charge in [-0.15, -0.1) is 0 Å². The Kier molecular flexibility index (Phi) is 4.35. The lowest BCUT2D eigenvalue weighted by Gasteiger charge is -2.52. The minimum Gasteiger partial charge on any atom is -0.376 e. The molecule has 0 aliphatic carbocycles. The molecule has 2 aromatic rings. The molecule has 4 heterocycles. The number of likely N-dealkylation sites (N-methyl/N-ethyl adjacent to an activating group) is 1. The second-order valence-electron chi connectivity index (χ2n) is 7.30. The lowest BCUT2D eigenvalue weighted by Crippen LogP contribution is -2.66. The molecule has 1 atom stereocenters. The third-order valence-corrected chi connectivity index (χ3v) is 5.35. The highest BCUT2D eigenvalue weighted by molar-refractivity contribution is 5.12. The Morgan fingerprint density at radius 3 is 3.00 bits per heavy atom. The van der Waals surface area contributed by atoms with Crippen LogP contribution in [-0.2, 0) is 17.9 Å². The molecule has 2 fully saturated rings. The molecule has 6 nitrogen and oxygen atoms in total. The maximum Gasteiger partial charge on any atom is 0.0731 e. The summed E-state index contributed by atoms with van der Waals surface area (Å²) < 4.78 is 5.93. The van der Waals surface area contributed by atoms with Gasteiger partial charge < -0.3 is 4.74 Å². The van der Waals surface area contributed by atoms with Crippen LogP contribution in [-0.4, -0.2) is 63.8 Å². The van der Waals surface area contributed by atoms with Crippen molar-refractivity contribution in [1.82, 2.24) is 25.0 Å². The van der Waals surface area contributed by atoms with E-state index in [2.05, 4.69) is 38.1 Å². The third-order valence-electron chi connectivity index (χ3n) is 5.35. The first-order valence-electron chi connectivity index (χ1n) is 8.61. The van der Waals surface area contributed by atoms with Gasteiger partial charge in [0.2, 0.25) is 0 Å². The van der Waals surface area contributed by atoms with Gasteiger partial charge in [0.05, 0.1) is 19.4 Å². The van der Waals surface area contributed by atoms with Crippen LogP contribution in [0.1, 0.15) is 17.5 Å². The summed E-state index contributed by atoms with van der Waals surface area (Å²) in [6.07, 6.45) is 8.81. The van der Waals surface area contributed by atoms with Gasteiger partial charge in [-0.05, 0) is 31.0 Å². The van der Waals surface area contributed by atoms with Crippen LogP contribution in [0.15, 0.2) is 36.9 Å². The van der Waals surface area contributed by atoms with Crippen LogP contribution < -0.4 is 0 Å². The molecule has 1 N–H and O–H groups in total. The van der Waals surface area contributed by atoms with Crippen LogP contribution in [0.25, 0.3) is 0 Å². The van der Waals surface area contributed by atoms with E-state index in [1.54, 1.807) is 6.20 Å². The van der Waals surface area contributed by atoms with Crippen molar-refractivity contribution in [2.75, 3.05) is 33.3 Å². The molecular weight excluding hydrogens is 302 g/mol. The number of hydrogen-bond donors (Lipinski definition) is 1. The minimum absolute atomic E-state index is 0.353. The summed E-state index contributed by atoms with van der Waals surface area (Å²) in [7, 11) is 2.26. The molecule has 128 valence electrons. The molecule has 2 aromatic heterocycles. The normalized spacial score (nSPS) is 23.6. The monoisotopic (exact) mass is 327 g/mol. The van der Waals surface area contributed by atoms with E-state index in [1.807, 2.05) is 24.7 Å². The fourth-order valence-corrected chi connectivity index (χ4v) is 4.17. The first-order chi connectivity index (χ1) is 11.7. The van der Waals surface area contributed by atoms with Crippen molar-refractivity contribution < 1.29 is 4.74 Å². The zero-order chi connectivity index (χ0) is 16.4. The summed E-state index contributed by atoms with van der Waals surface area (Å²) in [4.78, 5) is 9.17. The Morgan fingerprint density at radius 2 is 2.25 bits per heavy atom. The maximum atomic E-state index is 5.93. The summed E-state index contributed by atoms with van der Waals surface area (Å²) in [6.45, 7) is 5.92. The van der Waals surface area contributed by atoms with Gasteiger partial charge in [-0.1, -0.05) is 6.07 Å². The Labute approximate surface area is 142 Å². The minimum atomic E-state index is 0.353. The van der Waals surface area contributed by atoms with Gasteiger partial charge in [0.25, 0.3) is 0 Å². The van der Waals surface area contributed by atoms with E-state index in [1.165, 1.54) is 12.0 Å². The number of H-pyrrole nitrogens is 1. The molecule has 0 saturated carbocycles. The molecule has 2 saturated heterocycles. The van der Waals surface area contributed by atoms with Gasteiger partial charge in [0.1, 0.15) is 0 Å². The molecule has 1 unspecified atom stereocenters. The summed E-state index contributed by atoms with van der Waals surface area (Å²) in [5.74, 6) is 0.628. The average molecular weight is 327 g/mol. The van der Waals surface area contributed by atoms with E-state index in [0.29, 0.717) is 18.1 Å². The first-order valence-corrected chi connectivity index (χ1v) is 8.61. The predicted octanol–water partition coefficient (Wildman–Crippen LogP) is 1.53. The van der Waals surface area contributed by atoms with Crippen molar-refractivity contribution in [1.29, 1.82) is 0 Å². The van der Waals surface area contributed by atoms with Crippen LogP contribution >= 0.6 is 0 Å². The van der Waals surface area contributed by atoms with Crippen molar-refractivity contribution in [3.8, 4) is 0 Å². The fraction of sp³-hybridized carbons (Fsp3) is 0.556. The molecule has 6 heteroatoms. The lowest BCUT2D eigenvalue weighted by atomic mass is 9.84. The van der Waals surface area contributed by atoms with Gasteiger partial charge in [-0.25, -0.2) is 0 Å². The zero-order valence-electron chi connectivity index (χ0n) is 14.2. The largest absolute Gasteiger partial charge is 0.376 e. The molecule has 0 amide bonds. The van der Waals surface area contributed by atoms with Gasteiger partial charge in [-0.3, -0.25) is 19.9 Å². The second-order valence-corrected chi connectivity index (χ2v) is 7.30. The van der Waals surface area contributed by atoms with E-state index in [9.17, 15) is 0 Å². The zero-order valence-corrected chi connectivity index (χ0v) is 14.2. The van der Waals surface area contributed by atoms with Crippen molar-refractivity contribution in [3.63, 3.8) is 0 Å². The number of rotatable bonds is 6. The van der Waals surface area contributed by atoms with Crippen LogP contribution in [0.5, 0.6) is 0 Å². The number of hydrogen-bond acceptors (Lipinski definition) is 5. The summed E-state index contributed by atoms with van der Waals surface area (Å²) >= 11 is 0. The predicted molar refractivity (Wildman–Crippen MR) is 91.2 cm³/mol. The van der Waals surface area contributed by atoms with Gasteiger partial charge in [0.15, 0.2) is 0 Å². The number of ether oxygens (including phenoxy) is 1. The number of aromatic nitrogens is 3. The summed E-state index contributed by atoms with van der Waals surface area (Å²) in [6, 6.07) is 4.02. The fourth-order valence-electron chi connectivity index (χ4n) is 4.17. The number of likely N-dealkylation sites (tertiary alicyclic amines) is 2. The van der Waals surface area contributed by atoms with Gasteiger partial charge in [0, 0.05) is 55.9 Å². The maximum absolute atomic E-state index is 5.93. The van der Waals surface area contributed by atoms with Crippen molar-refractivity contribution >= 4 is 0 Å². The Hall–Kier alpha value is -1.76. The smallest absolute Gasteiger partial charge is 0.0731 e. The van der Waals surface area contributed by atoms with Crippen LogP contribution in [0, 0.1) is 5.92 Å². The van der Waals surface area contributed by atoms with Gasteiger partial charge in [-0.2, -0.15) is 5.10 Å². The number of nitrogens with one attached hydrogen (secondary N) is 1. The van der Waals surface area contributed by atoms with Crippen LogP contribution in [0.4, 0.5) is 0 Å². The molecular formula is C18H25N5O. The molecule has 2 aliphatic rings. The Balaban J connectivity index is 1.23. The van der Waals surface area contributed by atoms with Crippen molar-refractivity contribution in [3.05, 3.63) is 48.0 Å². The quantitative estimate of drug-likeness (QED) is 0.872. The van der Waals surface area contributed by atoms with Crippen LogP contribution in [0.2, 0.25) is 0 Å². The number of aromatic amines is 1. The van der Waals surface area contributed by atoms with Crippen molar-refractivity contribution in [2.45, 2.75) is 25.1 Å². The Morgan fingerprint density at radius 1 is 1.33 bits per heavy atom. The van der Waals surface area contributed by atoms with E-state index in [-0.39, 0.29) is 0 Å². The van der Waals surface area contributed by atoms with Gasteiger partial charge >= 0.3 is 0 Å². The topological polar surface area (TPSA) is 57.3 Å². The third kappa shape index (κ3) is 3.22. The molecule has 0 bridgehead atoms. The first kappa shape index (κ1) is 15.7. The van der Waals surface area contributed by atoms with E-state index in [0.717, 1.165) is 38.3 Å². The van der Waals surface area contributed by atoms with Crippen LogP contribution in [0.3, 0.4) is 0 Å². The average Bonchev–Trinajstić information content (AvgIpc) is 3.17. The molecule has 0 aromatic carbocycles. The lowest BCUT2D eigenvalue weighted by molar-refractivity contribution is -0.0226. The standard InChI is InChI=1S/C18H25N5O/c1-22-9-16(12-24-11-15-3-2-4-19-6-15)5-18(22)13-23(14-18)10-17-7-20-21-8-17/h2-4,6-8,16H,5,9-14H2,1H3,(H,20,21). The highest BCUT2D eigenvalue weighted by Gasteiger charge is 2.51. The molecule has 24 heavy (non-hydrogen) atoms.